The SMILES string of the molecule is CC1(C)CC=C(c2cc(C=O)ccc2NC(=O)c2ncc(C#N)[nH]2)CC1. The molecule has 0 fully saturated rings. The van der Waals surface area contributed by atoms with Crippen LogP contribution < -0.4 is 5.32 Å². The highest BCUT2D eigenvalue weighted by atomic mass is 16.2. The third kappa shape index (κ3) is 3.72. The third-order valence-electron chi connectivity index (χ3n) is 4.66. The zero-order valence-corrected chi connectivity index (χ0v) is 14.8. The van der Waals surface area contributed by atoms with Crippen LogP contribution in [0, 0.1) is 16.7 Å². The molecule has 0 aliphatic heterocycles. The number of anilines is 1. The normalized spacial score (nSPS) is 15.7. The van der Waals surface area contributed by atoms with E-state index in [2.05, 4.69) is 35.2 Å². The van der Waals surface area contributed by atoms with Crippen molar-refractivity contribution in [2.24, 2.45) is 5.41 Å². The first kappa shape index (κ1) is 17.6. The van der Waals surface area contributed by atoms with Crippen molar-refractivity contribution >= 4 is 23.5 Å². The van der Waals surface area contributed by atoms with E-state index in [1.54, 1.807) is 18.2 Å². The Morgan fingerprint density at radius 1 is 1.42 bits per heavy atom. The van der Waals surface area contributed by atoms with Crippen LogP contribution in [-0.2, 0) is 0 Å². The van der Waals surface area contributed by atoms with Crippen molar-refractivity contribution in [2.75, 3.05) is 5.32 Å². The van der Waals surface area contributed by atoms with Gasteiger partial charge in [0.25, 0.3) is 5.91 Å². The molecule has 1 aromatic carbocycles. The summed E-state index contributed by atoms with van der Waals surface area (Å²) < 4.78 is 0. The summed E-state index contributed by atoms with van der Waals surface area (Å²) >= 11 is 0. The Hall–Kier alpha value is -3.20. The van der Waals surface area contributed by atoms with Gasteiger partial charge in [-0.05, 0) is 48.4 Å². The minimum absolute atomic E-state index is 0.0747. The summed E-state index contributed by atoms with van der Waals surface area (Å²) in [5, 5.41) is 11.7. The number of nitrogens with one attached hydrogen (secondary N) is 2. The molecule has 0 saturated carbocycles. The van der Waals surface area contributed by atoms with Gasteiger partial charge in [-0.25, -0.2) is 4.98 Å². The maximum absolute atomic E-state index is 12.4. The highest BCUT2D eigenvalue weighted by molar-refractivity contribution is 6.03. The average molecular weight is 348 g/mol. The van der Waals surface area contributed by atoms with Crippen LogP contribution in [0.4, 0.5) is 5.69 Å². The minimum atomic E-state index is -0.427. The van der Waals surface area contributed by atoms with Crippen LogP contribution in [0.2, 0.25) is 0 Å². The average Bonchev–Trinajstić information content (AvgIpc) is 3.11. The molecule has 0 atom stereocenters. The fourth-order valence-electron chi connectivity index (χ4n) is 3.01. The highest BCUT2D eigenvalue weighted by Crippen LogP contribution is 2.40. The Morgan fingerprint density at radius 2 is 2.23 bits per heavy atom. The molecule has 0 spiro atoms. The lowest BCUT2D eigenvalue weighted by Gasteiger charge is -2.29. The Labute approximate surface area is 152 Å². The predicted molar refractivity (Wildman–Crippen MR) is 98.7 cm³/mol. The third-order valence-corrected chi connectivity index (χ3v) is 4.66. The van der Waals surface area contributed by atoms with E-state index in [1.165, 1.54) is 6.20 Å². The van der Waals surface area contributed by atoms with E-state index in [0.717, 1.165) is 36.7 Å². The summed E-state index contributed by atoms with van der Waals surface area (Å²) in [4.78, 5) is 30.2. The lowest BCUT2D eigenvalue weighted by molar-refractivity contribution is 0.101. The molecule has 2 aromatic rings. The number of rotatable bonds is 4. The van der Waals surface area contributed by atoms with Gasteiger partial charge < -0.3 is 10.3 Å². The topological polar surface area (TPSA) is 98.6 Å². The van der Waals surface area contributed by atoms with E-state index >= 15 is 0 Å². The molecule has 1 aliphatic carbocycles. The lowest BCUT2D eigenvalue weighted by atomic mass is 9.76. The van der Waals surface area contributed by atoms with Crippen molar-refractivity contribution in [1.29, 1.82) is 5.26 Å². The molecular formula is C20H20N4O2. The number of allylic oxidation sites excluding steroid dienone is 2. The van der Waals surface area contributed by atoms with Gasteiger partial charge in [-0.15, -0.1) is 0 Å². The zero-order chi connectivity index (χ0) is 18.7. The molecule has 0 bridgehead atoms. The fourth-order valence-corrected chi connectivity index (χ4v) is 3.01. The van der Waals surface area contributed by atoms with Crippen molar-refractivity contribution in [1.82, 2.24) is 9.97 Å². The van der Waals surface area contributed by atoms with Crippen LogP contribution in [0.3, 0.4) is 0 Å². The summed E-state index contributed by atoms with van der Waals surface area (Å²) in [5.74, 6) is -0.353. The van der Waals surface area contributed by atoms with Crippen molar-refractivity contribution < 1.29 is 9.59 Å². The maximum atomic E-state index is 12.4. The summed E-state index contributed by atoms with van der Waals surface area (Å²) in [6.45, 7) is 4.46. The van der Waals surface area contributed by atoms with E-state index in [-0.39, 0.29) is 16.9 Å². The second-order valence-corrected chi connectivity index (χ2v) is 7.23. The van der Waals surface area contributed by atoms with Crippen molar-refractivity contribution in [2.45, 2.75) is 33.1 Å². The van der Waals surface area contributed by atoms with Crippen molar-refractivity contribution in [3.8, 4) is 6.07 Å². The molecule has 3 rings (SSSR count). The molecule has 6 heteroatoms. The minimum Gasteiger partial charge on any atom is -0.326 e. The first-order valence-electron chi connectivity index (χ1n) is 8.47. The smallest absolute Gasteiger partial charge is 0.291 e. The number of hydrogen-bond acceptors (Lipinski definition) is 4. The molecule has 0 radical (unpaired) electrons. The number of aromatic nitrogens is 2. The van der Waals surface area contributed by atoms with Crippen LogP contribution in [0.5, 0.6) is 0 Å². The Kier molecular flexibility index (Phi) is 4.72. The number of amides is 1. The molecule has 2 N–H and O–H groups in total. The molecular weight excluding hydrogens is 328 g/mol. The van der Waals surface area contributed by atoms with Gasteiger partial charge in [-0.3, -0.25) is 9.59 Å². The van der Waals surface area contributed by atoms with E-state index in [4.69, 9.17) is 5.26 Å². The van der Waals surface area contributed by atoms with Gasteiger partial charge in [0.1, 0.15) is 18.0 Å². The molecule has 1 aliphatic rings. The monoisotopic (exact) mass is 348 g/mol. The number of H-pyrrole nitrogens is 1. The Balaban J connectivity index is 1.92. The number of nitrogens with zero attached hydrogens (tertiary/aromatic N) is 2. The van der Waals surface area contributed by atoms with E-state index in [0.29, 0.717) is 11.3 Å². The Morgan fingerprint density at radius 3 is 2.85 bits per heavy atom. The largest absolute Gasteiger partial charge is 0.326 e. The predicted octanol–water partition coefficient (Wildman–Crippen LogP) is 3.94. The second-order valence-electron chi connectivity index (χ2n) is 7.23. The van der Waals surface area contributed by atoms with Gasteiger partial charge in [-0.1, -0.05) is 19.9 Å². The van der Waals surface area contributed by atoms with Crippen LogP contribution >= 0.6 is 0 Å². The molecule has 132 valence electrons. The number of aromatic amines is 1. The number of hydrogen-bond donors (Lipinski definition) is 2. The van der Waals surface area contributed by atoms with Crippen LogP contribution in [0.25, 0.3) is 5.57 Å². The van der Waals surface area contributed by atoms with Gasteiger partial charge in [0.15, 0.2) is 5.82 Å². The van der Waals surface area contributed by atoms with Gasteiger partial charge in [0, 0.05) is 16.8 Å². The first-order chi connectivity index (χ1) is 12.4. The number of carbonyl (C=O) groups excluding carboxylic acids is 2. The fraction of sp³-hybridized carbons (Fsp3) is 0.300. The van der Waals surface area contributed by atoms with Crippen LogP contribution in [0.1, 0.15) is 65.3 Å². The number of aldehydes is 1. The molecule has 0 saturated heterocycles. The van der Waals surface area contributed by atoms with Gasteiger partial charge >= 0.3 is 0 Å². The van der Waals surface area contributed by atoms with E-state index in [9.17, 15) is 9.59 Å². The molecule has 26 heavy (non-hydrogen) atoms. The van der Waals surface area contributed by atoms with Gasteiger partial charge in [0.2, 0.25) is 0 Å². The number of imidazole rings is 1. The second kappa shape index (κ2) is 6.96. The molecule has 1 heterocycles. The molecule has 6 nitrogen and oxygen atoms in total. The van der Waals surface area contributed by atoms with Crippen molar-refractivity contribution in [3.05, 3.63) is 53.1 Å². The van der Waals surface area contributed by atoms with E-state index in [1.807, 2.05) is 6.07 Å². The quantitative estimate of drug-likeness (QED) is 0.818. The van der Waals surface area contributed by atoms with Crippen LogP contribution in [-0.4, -0.2) is 22.2 Å². The summed E-state index contributed by atoms with van der Waals surface area (Å²) in [7, 11) is 0. The molecule has 1 aromatic heterocycles. The number of nitriles is 1. The summed E-state index contributed by atoms with van der Waals surface area (Å²) in [5.41, 5.74) is 3.65. The highest BCUT2D eigenvalue weighted by Gasteiger charge is 2.23. The van der Waals surface area contributed by atoms with Gasteiger partial charge in [-0.2, -0.15) is 5.26 Å². The number of carbonyl (C=O) groups is 2. The van der Waals surface area contributed by atoms with E-state index < -0.39 is 5.91 Å². The standard InChI is InChI=1S/C20H20N4O2/c1-20(2)7-5-14(6-8-20)16-9-13(12-25)3-4-17(16)24-19(26)18-22-11-15(10-21)23-18/h3-5,9,11-12H,6-8H2,1-2H3,(H,22,23)(H,24,26). The summed E-state index contributed by atoms with van der Waals surface area (Å²) in [6, 6.07) is 7.10. The molecule has 1 amide bonds. The number of benzene rings is 1. The first-order valence-corrected chi connectivity index (χ1v) is 8.47. The van der Waals surface area contributed by atoms with Crippen molar-refractivity contribution in [3.63, 3.8) is 0 Å². The molecule has 0 unspecified atom stereocenters. The zero-order valence-electron chi connectivity index (χ0n) is 14.8. The van der Waals surface area contributed by atoms with Crippen LogP contribution in [0.15, 0.2) is 30.5 Å². The lowest BCUT2D eigenvalue weighted by Crippen LogP contribution is -2.17. The Bertz CT molecular complexity index is 932. The maximum Gasteiger partial charge on any atom is 0.291 e. The summed E-state index contributed by atoms with van der Waals surface area (Å²) in [6.07, 6.45) is 7.18. The van der Waals surface area contributed by atoms with Gasteiger partial charge in [0.05, 0.1) is 6.20 Å².